The van der Waals surface area contributed by atoms with Crippen molar-refractivity contribution in [1.29, 1.82) is 0 Å². The molecule has 0 atom stereocenters. The Morgan fingerprint density at radius 2 is 1.36 bits per heavy atom. The molecule has 0 saturated carbocycles. The Morgan fingerprint density at radius 1 is 0.909 bits per heavy atom. The predicted molar refractivity (Wildman–Crippen MR) is 83.4 cm³/mol. The molecule has 1 rings (SSSR count). The van der Waals surface area contributed by atoms with E-state index in [9.17, 15) is 9.59 Å². The molecule has 2 amide bonds. The quantitative estimate of drug-likeness (QED) is 0.774. The lowest BCUT2D eigenvalue weighted by atomic mass is 10.1. The molecule has 1 aromatic rings. The molecule has 0 aliphatic carbocycles. The molecule has 0 radical (unpaired) electrons. The molecule has 0 unspecified atom stereocenters. The molecule has 0 bridgehead atoms. The summed E-state index contributed by atoms with van der Waals surface area (Å²) in [6, 6.07) is 7.60. The average molecular weight is 308 g/mol. The van der Waals surface area contributed by atoms with E-state index in [4.69, 9.17) is 9.47 Å². The lowest BCUT2D eigenvalue weighted by molar-refractivity contribution is 0.145. The molecule has 0 saturated heterocycles. The summed E-state index contributed by atoms with van der Waals surface area (Å²) in [6.45, 7) is 5.48. The summed E-state index contributed by atoms with van der Waals surface area (Å²) in [4.78, 5) is 22.7. The summed E-state index contributed by atoms with van der Waals surface area (Å²) >= 11 is 0. The van der Waals surface area contributed by atoms with Gasteiger partial charge in [0.05, 0.1) is 13.2 Å². The fraction of sp³-hybridized carbons (Fsp3) is 0.500. The van der Waals surface area contributed by atoms with Crippen LogP contribution in [0.15, 0.2) is 24.3 Å². The van der Waals surface area contributed by atoms with Gasteiger partial charge in [-0.3, -0.25) is 0 Å². The molecule has 22 heavy (non-hydrogen) atoms. The fourth-order valence-corrected chi connectivity index (χ4v) is 1.69. The smallest absolute Gasteiger partial charge is 0.407 e. The van der Waals surface area contributed by atoms with Crippen LogP contribution in [0.1, 0.15) is 37.8 Å². The zero-order chi connectivity index (χ0) is 16.2. The van der Waals surface area contributed by atoms with Gasteiger partial charge in [0.2, 0.25) is 0 Å². The topological polar surface area (TPSA) is 76.7 Å². The number of carbonyl (C=O) groups is 2. The molecule has 6 nitrogen and oxygen atoms in total. The van der Waals surface area contributed by atoms with Crippen molar-refractivity contribution in [2.24, 2.45) is 0 Å². The molecule has 2 N–H and O–H groups in total. The number of hydrogen-bond donors (Lipinski definition) is 2. The Labute approximate surface area is 131 Å². The van der Waals surface area contributed by atoms with E-state index in [1.54, 1.807) is 0 Å². The average Bonchev–Trinajstić information content (AvgIpc) is 2.54. The van der Waals surface area contributed by atoms with Gasteiger partial charge in [0.1, 0.15) is 0 Å². The number of carbonyl (C=O) groups excluding carboxylic acids is 2. The Morgan fingerprint density at radius 3 is 1.77 bits per heavy atom. The zero-order valence-corrected chi connectivity index (χ0v) is 13.2. The van der Waals surface area contributed by atoms with E-state index in [2.05, 4.69) is 10.6 Å². The third-order valence-corrected chi connectivity index (χ3v) is 2.74. The standard InChI is InChI=1S/C16H24N2O4/c1-3-8-21-15(19)17-11-13-6-5-7-14(10-13)12-18-16(20)22-9-4-2/h5-7,10H,3-4,8-9,11-12H2,1-2H3,(H,17,19)(H,18,20). The molecule has 122 valence electrons. The van der Waals surface area contributed by atoms with Crippen LogP contribution < -0.4 is 10.6 Å². The van der Waals surface area contributed by atoms with Crippen molar-refractivity contribution in [3.63, 3.8) is 0 Å². The van der Waals surface area contributed by atoms with Crippen LogP contribution in [-0.4, -0.2) is 25.4 Å². The first kappa shape index (κ1) is 17.8. The first-order chi connectivity index (χ1) is 10.7. The first-order valence-corrected chi connectivity index (χ1v) is 7.54. The van der Waals surface area contributed by atoms with E-state index in [1.807, 2.05) is 38.1 Å². The molecule has 0 fully saturated rings. The molecular formula is C16H24N2O4. The summed E-state index contributed by atoms with van der Waals surface area (Å²) in [5.74, 6) is 0. The van der Waals surface area contributed by atoms with Gasteiger partial charge >= 0.3 is 12.2 Å². The number of hydrogen-bond acceptors (Lipinski definition) is 4. The van der Waals surface area contributed by atoms with Crippen LogP contribution >= 0.6 is 0 Å². The number of benzene rings is 1. The number of nitrogens with one attached hydrogen (secondary N) is 2. The van der Waals surface area contributed by atoms with Crippen molar-refractivity contribution >= 4 is 12.2 Å². The largest absolute Gasteiger partial charge is 0.450 e. The lowest BCUT2D eigenvalue weighted by Crippen LogP contribution is -2.25. The maximum absolute atomic E-state index is 11.4. The third kappa shape index (κ3) is 7.52. The lowest BCUT2D eigenvalue weighted by Gasteiger charge is -2.09. The van der Waals surface area contributed by atoms with E-state index < -0.39 is 12.2 Å². The SMILES string of the molecule is CCCOC(=O)NCc1cccc(CNC(=O)OCCC)c1. The monoisotopic (exact) mass is 308 g/mol. The van der Waals surface area contributed by atoms with Crippen LogP contribution in [0.3, 0.4) is 0 Å². The second-order valence-electron chi connectivity index (χ2n) is 4.80. The zero-order valence-electron chi connectivity index (χ0n) is 13.2. The summed E-state index contributed by atoms with van der Waals surface area (Å²) in [7, 11) is 0. The van der Waals surface area contributed by atoms with Crippen molar-refractivity contribution in [2.75, 3.05) is 13.2 Å². The number of rotatable bonds is 8. The van der Waals surface area contributed by atoms with Crippen LogP contribution in [0.25, 0.3) is 0 Å². The van der Waals surface area contributed by atoms with Crippen molar-refractivity contribution in [3.8, 4) is 0 Å². The second-order valence-corrected chi connectivity index (χ2v) is 4.80. The minimum atomic E-state index is -0.423. The van der Waals surface area contributed by atoms with E-state index >= 15 is 0 Å². The van der Waals surface area contributed by atoms with Crippen LogP contribution in [0.2, 0.25) is 0 Å². The normalized spacial score (nSPS) is 9.91. The minimum Gasteiger partial charge on any atom is -0.450 e. The number of ether oxygens (including phenoxy) is 2. The van der Waals surface area contributed by atoms with Gasteiger partial charge < -0.3 is 20.1 Å². The number of alkyl carbamates (subject to hydrolysis) is 2. The Kier molecular flexibility index (Phi) is 8.49. The van der Waals surface area contributed by atoms with Crippen molar-refractivity contribution in [3.05, 3.63) is 35.4 Å². The Balaban J connectivity index is 2.38. The van der Waals surface area contributed by atoms with Gasteiger partial charge in [-0.15, -0.1) is 0 Å². The van der Waals surface area contributed by atoms with Crippen LogP contribution in [0.4, 0.5) is 9.59 Å². The van der Waals surface area contributed by atoms with Gasteiger partial charge in [-0.2, -0.15) is 0 Å². The highest BCUT2D eigenvalue weighted by atomic mass is 16.6. The van der Waals surface area contributed by atoms with E-state index in [-0.39, 0.29) is 0 Å². The van der Waals surface area contributed by atoms with Crippen LogP contribution in [-0.2, 0) is 22.6 Å². The third-order valence-electron chi connectivity index (χ3n) is 2.74. The van der Waals surface area contributed by atoms with Crippen LogP contribution in [0, 0.1) is 0 Å². The number of amides is 2. The fourth-order valence-electron chi connectivity index (χ4n) is 1.69. The maximum Gasteiger partial charge on any atom is 0.407 e. The molecule has 6 heteroatoms. The van der Waals surface area contributed by atoms with Crippen molar-refractivity contribution in [2.45, 2.75) is 39.8 Å². The molecule has 1 aromatic carbocycles. The van der Waals surface area contributed by atoms with Crippen molar-refractivity contribution < 1.29 is 19.1 Å². The molecule has 0 aliphatic rings. The second kappa shape index (κ2) is 10.5. The summed E-state index contributed by atoms with van der Waals surface area (Å²) in [6.07, 6.45) is 0.743. The van der Waals surface area contributed by atoms with Gasteiger partial charge in [-0.1, -0.05) is 38.1 Å². The summed E-state index contributed by atoms with van der Waals surface area (Å²) < 4.78 is 9.87. The van der Waals surface area contributed by atoms with Gasteiger partial charge in [0, 0.05) is 13.1 Å². The van der Waals surface area contributed by atoms with Gasteiger partial charge in [-0.05, 0) is 24.0 Å². The van der Waals surface area contributed by atoms with Gasteiger partial charge in [-0.25, -0.2) is 9.59 Å². The maximum atomic E-state index is 11.4. The van der Waals surface area contributed by atoms with Crippen molar-refractivity contribution in [1.82, 2.24) is 10.6 Å². The summed E-state index contributed by atoms with van der Waals surface area (Å²) in [5.41, 5.74) is 1.88. The molecule has 0 aromatic heterocycles. The van der Waals surface area contributed by atoms with Crippen LogP contribution in [0.5, 0.6) is 0 Å². The first-order valence-electron chi connectivity index (χ1n) is 7.54. The van der Waals surface area contributed by atoms with E-state index in [0.717, 1.165) is 24.0 Å². The highest BCUT2D eigenvalue weighted by Gasteiger charge is 2.04. The molecular weight excluding hydrogens is 284 g/mol. The Bertz CT molecular complexity index is 438. The minimum absolute atomic E-state index is 0.386. The molecule has 0 spiro atoms. The molecule has 0 heterocycles. The Hall–Kier alpha value is -2.24. The highest BCUT2D eigenvalue weighted by Crippen LogP contribution is 2.05. The van der Waals surface area contributed by atoms with Gasteiger partial charge in [0.15, 0.2) is 0 Å². The van der Waals surface area contributed by atoms with Gasteiger partial charge in [0.25, 0.3) is 0 Å². The summed E-state index contributed by atoms with van der Waals surface area (Å²) in [5, 5.41) is 5.36. The molecule has 0 aliphatic heterocycles. The van der Waals surface area contributed by atoms with E-state index in [1.165, 1.54) is 0 Å². The highest BCUT2D eigenvalue weighted by molar-refractivity contribution is 5.67. The van der Waals surface area contributed by atoms with E-state index in [0.29, 0.717) is 26.3 Å². The predicted octanol–water partition coefficient (Wildman–Crippen LogP) is 2.96.